The number of amides is 1. The number of carbonyl (C=O) groups excluding carboxylic acids is 1. The highest BCUT2D eigenvalue weighted by Gasteiger charge is 2.31. The summed E-state index contributed by atoms with van der Waals surface area (Å²) in [7, 11) is 0. The van der Waals surface area contributed by atoms with Gasteiger partial charge >= 0.3 is 0 Å². The molecule has 2 aliphatic heterocycles. The van der Waals surface area contributed by atoms with E-state index in [0.717, 1.165) is 51.0 Å². The molecule has 1 aromatic carbocycles. The standard InChI is InChI=1S/C21H27ClN4O2/c1-15-6-4-11-26(12-15)21(27)16-7-5-10-25(13-16)14-19-23-20(24-28-19)17-8-2-3-9-18(17)22/h2-3,8-9,15-16H,4-7,10-14H2,1H3. The normalized spacial score (nSPS) is 23.7. The number of hydrogen-bond donors (Lipinski definition) is 0. The van der Waals surface area contributed by atoms with Crippen molar-refractivity contribution in [2.45, 2.75) is 39.2 Å². The van der Waals surface area contributed by atoms with Crippen molar-refractivity contribution in [1.82, 2.24) is 19.9 Å². The molecule has 2 aliphatic rings. The van der Waals surface area contributed by atoms with Crippen molar-refractivity contribution in [1.29, 1.82) is 0 Å². The van der Waals surface area contributed by atoms with Gasteiger partial charge in [0, 0.05) is 25.2 Å². The van der Waals surface area contributed by atoms with Gasteiger partial charge in [-0.25, -0.2) is 0 Å². The fraction of sp³-hybridized carbons (Fsp3) is 0.571. The van der Waals surface area contributed by atoms with Crippen molar-refractivity contribution >= 4 is 17.5 Å². The number of aromatic nitrogens is 2. The molecule has 0 aliphatic carbocycles. The van der Waals surface area contributed by atoms with Crippen LogP contribution in [-0.2, 0) is 11.3 Å². The molecule has 0 radical (unpaired) electrons. The maximum atomic E-state index is 13.0. The van der Waals surface area contributed by atoms with Crippen LogP contribution in [0.15, 0.2) is 28.8 Å². The number of piperidine rings is 2. The Labute approximate surface area is 170 Å². The van der Waals surface area contributed by atoms with Crippen LogP contribution in [0, 0.1) is 11.8 Å². The average Bonchev–Trinajstić information content (AvgIpc) is 3.16. The van der Waals surface area contributed by atoms with Crippen LogP contribution >= 0.6 is 11.6 Å². The quantitative estimate of drug-likeness (QED) is 0.777. The Kier molecular flexibility index (Phi) is 5.97. The zero-order valence-corrected chi connectivity index (χ0v) is 17.1. The van der Waals surface area contributed by atoms with E-state index in [0.29, 0.717) is 35.1 Å². The predicted octanol–water partition coefficient (Wildman–Crippen LogP) is 3.86. The molecule has 0 bridgehead atoms. The van der Waals surface area contributed by atoms with Crippen LogP contribution in [0.2, 0.25) is 5.02 Å². The summed E-state index contributed by atoms with van der Waals surface area (Å²) in [4.78, 5) is 21.8. The fourth-order valence-electron chi connectivity index (χ4n) is 4.31. The summed E-state index contributed by atoms with van der Waals surface area (Å²) in [6.45, 7) is 6.32. The molecule has 0 saturated carbocycles. The van der Waals surface area contributed by atoms with Crippen LogP contribution in [0.4, 0.5) is 0 Å². The number of likely N-dealkylation sites (tertiary alicyclic amines) is 2. The molecule has 4 rings (SSSR count). The van der Waals surface area contributed by atoms with E-state index in [4.69, 9.17) is 16.1 Å². The number of hydrogen-bond acceptors (Lipinski definition) is 5. The minimum Gasteiger partial charge on any atom is -0.342 e. The molecule has 1 aromatic heterocycles. The van der Waals surface area contributed by atoms with Crippen molar-refractivity contribution in [3.63, 3.8) is 0 Å². The Morgan fingerprint density at radius 1 is 1.21 bits per heavy atom. The first-order valence-electron chi connectivity index (χ1n) is 10.2. The lowest BCUT2D eigenvalue weighted by atomic mass is 9.93. The summed E-state index contributed by atoms with van der Waals surface area (Å²) < 4.78 is 5.45. The lowest BCUT2D eigenvalue weighted by Crippen LogP contribution is -2.47. The van der Waals surface area contributed by atoms with Gasteiger partial charge in [-0.05, 0) is 50.3 Å². The van der Waals surface area contributed by atoms with Gasteiger partial charge in [-0.1, -0.05) is 35.8 Å². The smallest absolute Gasteiger partial charge is 0.241 e. The fourth-order valence-corrected chi connectivity index (χ4v) is 4.53. The molecule has 150 valence electrons. The molecular formula is C21H27ClN4O2. The van der Waals surface area contributed by atoms with E-state index in [-0.39, 0.29) is 5.92 Å². The Bertz CT molecular complexity index is 824. The number of benzene rings is 1. The second kappa shape index (κ2) is 8.62. The summed E-state index contributed by atoms with van der Waals surface area (Å²) in [6, 6.07) is 7.47. The Morgan fingerprint density at radius 2 is 2.04 bits per heavy atom. The van der Waals surface area contributed by atoms with Gasteiger partial charge in [0.1, 0.15) is 0 Å². The average molecular weight is 403 g/mol. The Balaban J connectivity index is 1.38. The van der Waals surface area contributed by atoms with Crippen molar-refractivity contribution < 1.29 is 9.32 Å². The number of nitrogens with zero attached hydrogens (tertiary/aromatic N) is 4. The highest BCUT2D eigenvalue weighted by molar-refractivity contribution is 6.33. The van der Waals surface area contributed by atoms with E-state index in [1.165, 1.54) is 6.42 Å². The highest BCUT2D eigenvalue weighted by Crippen LogP contribution is 2.26. The molecule has 2 saturated heterocycles. The topological polar surface area (TPSA) is 62.5 Å². The van der Waals surface area contributed by atoms with Crippen LogP contribution in [0.3, 0.4) is 0 Å². The van der Waals surface area contributed by atoms with Gasteiger partial charge in [-0.2, -0.15) is 4.98 Å². The van der Waals surface area contributed by atoms with Crippen LogP contribution in [-0.4, -0.2) is 52.0 Å². The van der Waals surface area contributed by atoms with Gasteiger partial charge in [0.05, 0.1) is 17.5 Å². The van der Waals surface area contributed by atoms with Gasteiger partial charge in [-0.15, -0.1) is 0 Å². The summed E-state index contributed by atoms with van der Waals surface area (Å²) in [5.41, 5.74) is 0.769. The van der Waals surface area contributed by atoms with Crippen molar-refractivity contribution in [3.8, 4) is 11.4 Å². The molecule has 28 heavy (non-hydrogen) atoms. The molecule has 0 N–H and O–H groups in total. The molecule has 2 aromatic rings. The lowest BCUT2D eigenvalue weighted by molar-refractivity contribution is -0.139. The molecule has 7 heteroatoms. The summed E-state index contributed by atoms with van der Waals surface area (Å²) in [5, 5.41) is 4.68. The maximum absolute atomic E-state index is 13.0. The van der Waals surface area contributed by atoms with Crippen molar-refractivity contribution in [3.05, 3.63) is 35.2 Å². The Hall–Kier alpha value is -1.92. The van der Waals surface area contributed by atoms with E-state index >= 15 is 0 Å². The van der Waals surface area contributed by atoms with Gasteiger partial charge < -0.3 is 9.42 Å². The van der Waals surface area contributed by atoms with E-state index in [2.05, 4.69) is 26.9 Å². The van der Waals surface area contributed by atoms with Crippen LogP contribution < -0.4 is 0 Å². The third-order valence-electron chi connectivity index (χ3n) is 5.77. The summed E-state index contributed by atoms with van der Waals surface area (Å²) >= 11 is 6.22. The summed E-state index contributed by atoms with van der Waals surface area (Å²) in [5.74, 6) is 2.07. The third-order valence-corrected chi connectivity index (χ3v) is 6.09. The first kappa shape index (κ1) is 19.4. The van der Waals surface area contributed by atoms with E-state index < -0.39 is 0 Å². The van der Waals surface area contributed by atoms with Crippen molar-refractivity contribution in [2.24, 2.45) is 11.8 Å². The molecule has 0 spiro atoms. The minimum absolute atomic E-state index is 0.0741. The SMILES string of the molecule is CC1CCCN(C(=O)C2CCCN(Cc3nc(-c4ccccc4Cl)no3)C2)C1. The monoisotopic (exact) mass is 402 g/mol. The Morgan fingerprint density at radius 3 is 2.86 bits per heavy atom. The maximum Gasteiger partial charge on any atom is 0.241 e. The number of rotatable bonds is 4. The third kappa shape index (κ3) is 4.39. The first-order valence-corrected chi connectivity index (χ1v) is 10.6. The van der Waals surface area contributed by atoms with E-state index in [9.17, 15) is 4.79 Å². The largest absolute Gasteiger partial charge is 0.342 e. The van der Waals surface area contributed by atoms with Gasteiger partial charge in [0.25, 0.3) is 0 Å². The first-order chi connectivity index (χ1) is 13.6. The van der Waals surface area contributed by atoms with E-state index in [1.807, 2.05) is 24.3 Å². The van der Waals surface area contributed by atoms with E-state index in [1.54, 1.807) is 0 Å². The van der Waals surface area contributed by atoms with Gasteiger partial charge in [0.15, 0.2) is 0 Å². The molecule has 2 atom stereocenters. The van der Waals surface area contributed by atoms with Crippen LogP contribution in [0.1, 0.15) is 38.5 Å². The molecule has 3 heterocycles. The zero-order chi connectivity index (χ0) is 19.5. The lowest BCUT2D eigenvalue weighted by Gasteiger charge is -2.37. The number of carbonyl (C=O) groups is 1. The highest BCUT2D eigenvalue weighted by atomic mass is 35.5. The minimum atomic E-state index is 0.0741. The zero-order valence-electron chi connectivity index (χ0n) is 16.3. The summed E-state index contributed by atoms with van der Waals surface area (Å²) in [6.07, 6.45) is 4.34. The molecule has 6 nitrogen and oxygen atoms in total. The van der Waals surface area contributed by atoms with Gasteiger partial charge in [0.2, 0.25) is 17.6 Å². The second-order valence-electron chi connectivity index (χ2n) is 8.10. The second-order valence-corrected chi connectivity index (χ2v) is 8.50. The molecule has 2 fully saturated rings. The van der Waals surface area contributed by atoms with Crippen molar-refractivity contribution in [2.75, 3.05) is 26.2 Å². The molecular weight excluding hydrogens is 376 g/mol. The number of halogens is 1. The van der Waals surface area contributed by atoms with Crippen LogP contribution in [0.25, 0.3) is 11.4 Å². The molecule has 1 amide bonds. The van der Waals surface area contributed by atoms with Gasteiger partial charge in [-0.3, -0.25) is 9.69 Å². The molecule has 2 unspecified atom stereocenters. The predicted molar refractivity (Wildman–Crippen MR) is 108 cm³/mol. The van der Waals surface area contributed by atoms with Crippen LogP contribution in [0.5, 0.6) is 0 Å².